The molecule has 2 rings (SSSR count). The molecule has 1 fully saturated rings. The minimum Gasteiger partial charge on any atom is -0.336 e. The monoisotopic (exact) mass is 378 g/mol. The third-order valence-electron chi connectivity index (χ3n) is 4.25. The van der Waals surface area contributed by atoms with Gasteiger partial charge in [-0.15, -0.1) is 0 Å². The van der Waals surface area contributed by atoms with Crippen LogP contribution in [0, 0.1) is 0 Å². The van der Waals surface area contributed by atoms with Crippen molar-refractivity contribution in [1.82, 2.24) is 15.1 Å². The lowest BCUT2D eigenvalue weighted by Gasteiger charge is -2.36. The zero-order chi connectivity index (χ0) is 18.6. The summed E-state index contributed by atoms with van der Waals surface area (Å²) in [5, 5.41) is 4.84. The van der Waals surface area contributed by atoms with Gasteiger partial charge in [0.1, 0.15) is 0 Å². The van der Waals surface area contributed by atoms with Crippen LogP contribution in [0.25, 0.3) is 0 Å². The van der Waals surface area contributed by atoms with E-state index in [0.717, 1.165) is 38.3 Å². The zero-order valence-electron chi connectivity index (χ0n) is 14.2. The molecule has 5 nitrogen and oxygen atoms in total. The Morgan fingerprint density at radius 3 is 2.52 bits per heavy atom. The van der Waals surface area contributed by atoms with Gasteiger partial charge in [-0.1, -0.05) is 11.6 Å². The van der Waals surface area contributed by atoms with Gasteiger partial charge in [0.05, 0.1) is 11.3 Å². The smallest absolute Gasteiger partial charge is 0.336 e. The quantitative estimate of drug-likeness (QED) is 0.846. The summed E-state index contributed by atoms with van der Waals surface area (Å²) in [6, 6.07) is 2.68. The Morgan fingerprint density at radius 1 is 1.28 bits per heavy atom. The van der Waals surface area contributed by atoms with Gasteiger partial charge >= 0.3 is 12.2 Å². The number of halogens is 4. The van der Waals surface area contributed by atoms with Gasteiger partial charge in [-0.2, -0.15) is 13.2 Å². The van der Waals surface area contributed by atoms with Crippen molar-refractivity contribution in [2.24, 2.45) is 0 Å². The van der Waals surface area contributed by atoms with Crippen molar-refractivity contribution in [2.75, 3.05) is 45.1 Å². The van der Waals surface area contributed by atoms with E-state index in [1.165, 1.54) is 6.07 Å². The number of nitrogens with one attached hydrogen (secondary N) is 2. The van der Waals surface area contributed by atoms with Crippen molar-refractivity contribution in [2.45, 2.75) is 19.1 Å². The first-order valence-corrected chi connectivity index (χ1v) is 8.39. The van der Waals surface area contributed by atoms with Gasteiger partial charge in [0.25, 0.3) is 0 Å². The van der Waals surface area contributed by atoms with Gasteiger partial charge in [0, 0.05) is 43.8 Å². The largest absolute Gasteiger partial charge is 0.418 e. The second-order valence-corrected chi connectivity index (χ2v) is 6.65. The molecule has 1 aliphatic rings. The van der Waals surface area contributed by atoms with Crippen molar-refractivity contribution in [1.29, 1.82) is 0 Å². The van der Waals surface area contributed by atoms with Crippen LogP contribution in [0.15, 0.2) is 18.2 Å². The molecule has 140 valence electrons. The van der Waals surface area contributed by atoms with Crippen LogP contribution in [-0.4, -0.2) is 61.6 Å². The highest BCUT2D eigenvalue weighted by atomic mass is 35.5. The second kappa shape index (κ2) is 8.25. The van der Waals surface area contributed by atoms with Crippen LogP contribution in [0.4, 0.5) is 23.7 Å². The van der Waals surface area contributed by atoms with Crippen LogP contribution in [0.1, 0.15) is 12.5 Å². The van der Waals surface area contributed by atoms with Crippen LogP contribution in [0.2, 0.25) is 5.02 Å². The van der Waals surface area contributed by atoms with Gasteiger partial charge < -0.3 is 15.5 Å². The summed E-state index contributed by atoms with van der Waals surface area (Å²) in [5.41, 5.74) is -1.29. The molecule has 1 aliphatic heterocycles. The Morgan fingerprint density at radius 2 is 1.92 bits per heavy atom. The summed E-state index contributed by atoms with van der Waals surface area (Å²) < 4.78 is 39.1. The number of alkyl halides is 3. The van der Waals surface area contributed by atoms with Gasteiger partial charge in [0.2, 0.25) is 0 Å². The average molecular weight is 379 g/mol. The van der Waals surface area contributed by atoms with Gasteiger partial charge in [-0.05, 0) is 32.2 Å². The summed E-state index contributed by atoms with van der Waals surface area (Å²) in [6.07, 6.45) is -4.60. The molecule has 0 unspecified atom stereocenters. The number of rotatable bonds is 4. The predicted octanol–water partition coefficient (Wildman–Crippen LogP) is 3.12. The predicted molar refractivity (Wildman–Crippen MR) is 92.0 cm³/mol. The molecular weight excluding hydrogens is 357 g/mol. The number of hydrogen-bond donors (Lipinski definition) is 2. The molecule has 1 saturated heterocycles. The van der Waals surface area contributed by atoms with Crippen molar-refractivity contribution in [3.8, 4) is 0 Å². The molecule has 0 aliphatic carbocycles. The van der Waals surface area contributed by atoms with E-state index >= 15 is 0 Å². The van der Waals surface area contributed by atoms with E-state index in [4.69, 9.17) is 11.6 Å². The van der Waals surface area contributed by atoms with Crippen molar-refractivity contribution in [3.05, 3.63) is 28.8 Å². The zero-order valence-corrected chi connectivity index (χ0v) is 14.9. The molecule has 0 aromatic heterocycles. The maximum Gasteiger partial charge on any atom is 0.418 e. The normalized spacial score (nSPS) is 18.0. The standard InChI is InChI=1S/C16H22ClF3N4O/c1-11(24-7-5-23(2)6-8-24)10-21-15(25)22-14-4-3-12(17)9-13(14)16(18,19)20/h3-4,9,11H,5-8,10H2,1-2H3,(H2,21,22,25)/t11-/m1/s1. The van der Waals surface area contributed by atoms with Gasteiger partial charge in [-0.25, -0.2) is 4.79 Å². The number of likely N-dealkylation sites (N-methyl/N-ethyl adjacent to an activating group) is 1. The first-order chi connectivity index (χ1) is 11.7. The SMILES string of the molecule is C[C@H](CNC(=O)Nc1ccc(Cl)cc1C(F)(F)F)N1CCN(C)CC1. The van der Waals surface area contributed by atoms with Crippen molar-refractivity contribution >= 4 is 23.3 Å². The van der Waals surface area contributed by atoms with Crippen LogP contribution < -0.4 is 10.6 Å². The molecule has 1 atom stereocenters. The number of anilines is 1. The molecule has 2 amide bonds. The van der Waals surface area contributed by atoms with E-state index in [9.17, 15) is 18.0 Å². The summed E-state index contributed by atoms with van der Waals surface area (Å²) in [5.74, 6) is 0. The average Bonchev–Trinajstić information content (AvgIpc) is 2.54. The van der Waals surface area contributed by atoms with Crippen molar-refractivity contribution < 1.29 is 18.0 Å². The molecule has 1 heterocycles. The van der Waals surface area contributed by atoms with E-state index in [0.29, 0.717) is 6.54 Å². The Balaban J connectivity index is 1.90. The highest BCUT2D eigenvalue weighted by Crippen LogP contribution is 2.36. The number of amides is 2. The number of piperazine rings is 1. The van der Waals surface area contributed by atoms with E-state index in [-0.39, 0.29) is 16.8 Å². The molecule has 0 spiro atoms. The lowest BCUT2D eigenvalue weighted by molar-refractivity contribution is -0.136. The molecule has 0 saturated carbocycles. The van der Waals surface area contributed by atoms with Gasteiger partial charge in [0.15, 0.2) is 0 Å². The molecule has 25 heavy (non-hydrogen) atoms. The van der Waals surface area contributed by atoms with E-state index in [2.05, 4.69) is 27.5 Å². The summed E-state index contributed by atoms with van der Waals surface area (Å²) >= 11 is 5.62. The van der Waals surface area contributed by atoms with Crippen LogP contribution in [0.5, 0.6) is 0 Å². The fraction of sp³-hybridized carbons (Fsp3) is 0.562. The minimum absolute atomic E-state index is 0.0398. The molecule has 1 aromatic rings. The highest BCUT2D eigenvalue weighted by Gasteiger charge is 2.34. The Kier molecular flexibility index (Phi) is 6.53. The lowest BCUT2D eigenvalue weighted by Crippen LogP contribution is -2.51. The maximum atomic E-state index is 13.0. The van der Waals surface area contributed by atoms with Crippen LogP contribution >= 0.6 is 11.6 Å². The third kappa shape index (κ3) is 5.76. The second-order valence-electron chi connectivity index (χ2n) is 6.21. The highest BCUT2D eigenvalue weighted by molar-refractivity contribution is 6.30. The first kappa shape index (κ1) is 19.8. The number of nitrogens with zero attached hydrogens (tertiary/aromatic N) is 2. The van der Waals surface area contributed by atoms with Crippen molar-refractivity contribution in [3.63, 3.8) is 0 Å². The Hall–Kier alpha value is -1.51. The van der Waals surface area contributed by atoms with Crippen LogP contribution in [-0.2, 0) is 6.18 Å². The van der Waals surface area contributed by atoms with E-state index in [1.54, 1.807) is 0 Å². The molecular formula is C16H22ClF3N4O. The van der Waals surface area contributed by atoms with Gasteiger partial charge in [-0.3, -0.25) is 4.90 Å². The molecule has 0 bridgehead atoms. The fourth-order valence-corrected chi connectivity index (χ4v) is 2.83. The maximum absolute atomic E-state index is 13.0. The number of hydrogen-bond acceptors (Lipinski definition) is 3. The Labute approximate surface area is 150 Å². The fourth-order valence-electron chi connectivity index (χ4n) is 2.66. The number of carbonyl (C=O) groups excluding carboxylic acids is 1. The summed E-state index contributed by atoms with van der Waals surface area (Å²) in [4.78, 5) is 16.4. The van der Waals surface area contributed by atoms with E-state index < -0.39 is 17.8 Å². The summed E-state index contributed by atoms with van der Waals surface area (Å²) in [6.45, 7) is 6.04. The Bertz CT molecular complexity index is 604. The lowest BCUT2D eigenvalue weighted by atomic mass is 10.1. The molecule has 0 radical (unpaired) electrons. The molecule has 2 N–H and O–H groups in total. The summed E-state index contributed by atoms with van der Waals surface area (Å²) in [7, 11) is 2.05. The minimum atomic E-state index is -4.60. The number of carbonyl (C=O) groups is 1. The first-order valence-electron chi connectivity index (χ1n) is 8.01. The molecule has 1 aromatic carbocycles. The molecule has 9 heteroatoms. The topological polar surface area (TPSA) is 47.6 Å². The van der Waals surface area contributed by atoms with E-state index in [1.807, 2.05) is 6.92 Å². The number of urea groups is 1. The third-order valence-corrected chi connectivity index (χ3v) is 4.49. The van der Waals surface area contributed by atoms with Crippen LogP contribution in [0.3, 0.4) is 0 Å². The number of benzene rings is 1.